The summed E-state index contributed by atoms with van der Waals surface area (Å²) in [6.07, 6.45) is 3.07. The zero-order valence-corrected chi connectivity index (χ0v) is 18.9. The van der Waals surface area contributed by atoms with Crippen LogP contribution in [0, 0.1) is 0 Å². The van der Waals surface area contributed by atoms with Crippen molar-refractivity contribution in [1.29, 1.82) is 0 Å². The van der Waals surface area contributed by atoms with Gasteiger partial charge in [-0.15, -0.1) is 11.8 Å². The first-order valence-corrected chi connectivity index (χ1v) is 12.3. The third-order valence-electron chi connectivity index (χ3n) is 6.02. The second-order valence-corrected chi connectivity index (χ2v) is 9.21. The van der Waals surface area contributed by atoms with E-state index >= 15 is 0 Å². The van der Waals surface area contributed by atoms with Gasteiger partial charge in [0.05, 0.1) is 30.3 Å². The number of amides is 1. The first-order valence-electron chi connectivity index (χ1n) is 11.2. The van der Waals surface area contributed by atoms with Gasteiger partial charge in [-0.2, -0.15) is 5.10 Å². The van der Waals surface area contributed by atoms with Crippen molar-refractivity contribution < 1.29 is 9.53 Å². The summed E-state index contributed by atoms with van der Waals surface area (Å²) in [5.41, 5.74) is 4.14. The van der Waals surface area contributed by atoms with Crippen LogP contribution < -0.4 is 0 Å². The predicted molar refractivity (Wildman–Crippen MR) is 128 cm³/mol. The molecule has 2 aliphatic heterocycles. The smallest absolute Gasteiger partial charge is 0.233 e. The van der Waals surface area contributed by atoms with Gasteiger partial charge in [0.1, 0.15) is 5.37 Å². The lowest BCUT2D eigenvalue weighted by Crippen LogP contribution is -2.38. The van der Waals surface area contributed by atoms with E-state index in [0.717, 1.165) is 68.3 Å². The monoisotopic (exact) mass is 448 g/mol. The molecule has 0 spiro atoms. The average molecular weight is 449 g/mol. The molecule has 3 aromatic rings. The molecule has 3 heterocycles. The van der Waals surface area contributed by atoms with Gasteiger partial charge in [-0.25, -0.2) is 4.68 Å². The first-order chi connectivity index (χ1) is 15.8. The Morgan fingerprint density at radius 2 is 1.69 bits per heavy atom. The number of benzene rings is 2. The number of para-hydroxylation sites is 1. The standard InChI is InChI=1S/C25H28N4O2S/c30-23-19-32-25(28(23)13-7-12-27-14-16-31-17-15-27)22-18-29(21-10-5-2-6-11-21)26-24(22)20-8-3-1-4-9-20/h1-6,8-11,18,25H,7,12-17,19H2. The number of ether oxygens (including phenoxy) is 1. The van der Waals surface area contributed by atoms with Crippen molar-refractivity contribution in [3.8, 4) is 16.9 Å². The van der Waals surface area contributed by atoms with Gasteiger partial charge >= 0.3 is 0 Å². The number of rotatable bonds is 7. The molecule has 1 aromatic heterocycles. The van der Waals surface area contributed by atoms with Gasteiger partial charge in [-0.3, -0.25) is 9.69 Å². The highest BCUT2D eigenvalue weighted by Gasteiger charge is 2.35. The summed E-state index contributed by atoms with van der Waals surface area (Å²) in [7, 11) is 0. The minimum atomic E-state index is -0.0140. The van der Waals surface area contributed by atoms with E-state index in [1.807, 2.05) is 46.0 Å². The predicted octanol–water partition coefficient (Wildman–Crippen LogP) is 3.84. The molecule has 1 atom stereocenters. The fourth-order valence-electron chi connectivity index (χ4n) is 4.34. The first kappa shape index (κ1) is 21.2. The zero-order chi connectivity index (χ0) is 21.8. The highest BCUT2D eigenvalue weighted by atomic mass is 32.2. The second-order valence-electron chi connectivity index (χ2n) is 8.14. The molecule has 2 fully saturated rings. The van der Waals surface area contributed by atoms with Crippen LogP contribution in [0.15, 0.2) is 66.9 Å². The quantitative estimate of drug-likeness (QED) is 0.550. The topological polar surface area (TPSA) is 50.6 Å². The van der Waals surface area contributed by atoms with Gasteiger partial charge in [-0.05, 0) is 18.6 Å². The third-order valence-corrected chi connectivity index (χ3v) is 7.26. The Morgan fingerprint density at radius 3 is 2.44 bits per heavy atom. The van der Waals surface area contributed by atoms with Crippen LogP contribution in [-0.2, 0) is 9.53 Å². The molecule has 166 valence electrons. The van der Waals surface area contributed by atoms with E-state index in [9.17, 15) is 4.79 Å². The number of hydrogen-bond donors (Lipinski definition) is 0. The maximum absolute atomic E-state index is 12.8. The molecule has 1 amide bonds. The van der Waals surface area contributed by atoms with Crippen LogP contribution in [0.4, 0.5) is 0 Å². The van der Waals surface area contributed by atoms with Crippen molar-refractivity contribution in [3.63, 3.8) is 0 Å². The zero-order valence-electron chi connectivity index (χ0n) is 18.1. The van der Waals surface area contributed by atoms with Crippen LogP contribution in [0.25, 0.3) is 16.9 Å². The van der Waals surface area contributed by atoms with E-state index in [4.69, 9.17) is 9.84 Å². The van der Waals surface area contributed by atoms with E-state index in [0.29, 0.717) is 5.75 Å². The number of carbonyl (C=O) groups is 1. The van der Waals surface area contributed by atoms with Crippen molar-refractivity contribution in [2.75, 3.05) is 45.1 Å². The minimum Gasteiger partial charge on any atom is -0.379 e. The van der Waals surface area contributed by atoms with Crippen molar-refractivity contribution in [3.05, 3.63) is 72.4 Å². The lowest BCUT2D eigenvalue weighted by Gasteiger charge is -2.28. The number of nitrogens with zero attached hydrogens (tertiary/aromatic N) is 4. The Morgan fingerprint density at radius 1 is 0.969 bits per heavy atom. The molecule has 2 aromatic carbocycles. The summed E-state index contributed by atoms with van der Waals surface area (Å²) in [4.78, 5) is 17.3. The minimum absolute atomic E-state index is 0.0140. The van der Waals surface area contributed by atoms with E-state index in [2.05, 4.69) is 35.4 Å². The number of morpholine rings is 1. The third kappa shape index (κ3) is 4.60. The highest BCUT2D eigenvalue weighted by Crippen LogP contribution is 2.42. The van der Waals surface area contributed by atoms with E-state index < -0.39 is 0 Å². The molecule has 0 radical (unpaired) electrons. The average Bonchev–Trinajstić information content (AvgIpc) is 3.45. The molecule has 7 heteroatoms. The summed E-state index contributed by atoms with van der Waals surface area (Å²) >= 11 is 1.70. The fraction of sp³-hybridized carbons (Fsp3) is 0.360. The number of thioether (sulfide) groups is 1. The van der Waals surface area contributed by atoms with Gasteiger partial charge in [0, 0.05) is 43.5 Å². The van der Waals surface area contributed by atoms with Crippen LogP contribution in [0.2, 0.25) is 0 Å². The van der Waals surface area contributed by atoms with Gasteiger partial charge in [0.25, 0.3) is 0 Å². The molecule has 0 saturated carbocycles. The molecule has 1 unspecified atom stereocenters. The summed E-state index contributed by atoms with van der Waals surface area (Å²) in [5, 5.41) is 4.94. The Kier molecular flexibility index (Phi) is 6.57. The summed E-state index contributed by atoms with van der Waals surface area (Å²) in [5.74, 6) is 0.737. The molecular weight excluding hydrogens is 420 g/mol. The lowest BCUT2D eigenvalue weighted by molar-refractivity contribution is -0.128. The molecule has 5 rings (SSSR count). The molecule has 2 aliphatic rings. The van der Waals surface area contributed by atoms with Crippen LogP contribution in [-0.4, -0.2) is 70.6 Å². The van der Waals surface area contributed by atoms with Crippen molar-refractivity contribution in [2.45, 2.75) is 11.8 Å². The summed E-state index contributed by atoms with van der Waals surface area (Å²) in [6, 6.07) is 20.4. The Bertz CT molecular complexity index is 1030. The molecule has 2 saturated heterocycles. The Balaban J connectivity index is 1.41. The van der Waals surface area contributed by atoms with Gasteiger partial charge in [0.2, 0.25) is 5.91 Å². The largest absolute Gasteiger partial charge is 0.379 e. The molecule has 32 heavy (non-hydrogen) atoms. The van der Waals surface area contributed by atoms with Gasteiger partial charge in [0.15, 0.2) is 0 Å². The fourth-order valence-corrected chi connectivity index (χ4v) is 5.57. The molecule has 0 bridgehead atoms. The number of carbonyl (C=O) groups excluding carboxylic acids is 1. The van der Waals surface area contributed by atoms with E-state index in [-0.39, 0.29) is 11.3 Å². The normalized spacial score (nSPS) is 19.6. The van der Waals surface area contributed by atoms with Crippen molar-refractivity contribution in [1.82, 2.24) is 19.6 Å². The number of hydrogen-bond acceptors (Lipinski definition) is 5. The van der Waals surface area contributed by atoms with Crippen LogP contribution >= 0.6 is 11.8 Å². The van der Waals surface area contributed by atoms with Crippen LogP contribution in [0.1, 0.15) is 17.4 Å². The lowest BCUT2D eigenvalue weighted by atomic mass is 10.1. The van der Waals surface area contributed by atoms with Gasteiger partial charge in [-0.1, -0.05) is 48.5 Å². The van der Waals surface area contributed by atoms with Crippen LogP contribution in [0.5, 0.6) is 0 Å². The SMILES string of the molecule is O=C1CSC(c2cn(-c3ccccc3)nc2-c2ccccc2)N1CCCN1CCOCC1. The molecule has 6 nitrogen and oxygen atoms in total. The summed E-state index contributed by atoms with van der Waals surface area (Å²) in [6.45, 7) is 5.33. The number of aromatic nitrogens is 2. The van der Waals surface area contributed by atoms with E-state index in [1.54, 1.807) is 11.8 Å². The van der Waals surface area contributed by atoms with Gasteiger partial charge < -0.3 is 9.64 Å². The van der Waals surface area contributed by atoms with Crippen molar-refractivity contribution in [2.24, 2.45) is 0 Å². The Labute approximate surface area is 193 Å². The molecule has 0 aliphatic carbocycles. The van der Waals surface area contributed by atoms with Crippen LogP contribution in [0.3, 0.4) is 0 Å². The maximum Gasteiger partial charge on any atom is 0.233 e. The second kappa shape index (κ2) is 9.90. The highest BCUT2D eigenvalue weighted by molar-refractivity contribution is 8.00. The molecular formula is C25H28N4O2S. The Hall–Kier alpha value is -2.61. The maximum atomic E-state index is 12.8. The molecule has 0 N–H and O–H groups in total. The van der Waals surface area contributed by atoms with E-state index in [1.165, 1.54) is 0 Å². The van der Waals surface area contributed by atoms with Crippen molar-refractivity contribution >= 4 is 17.7 Å². The summed E-state index contributed by atoms with van der Waals surface area (Å²) < 4.78 is 7.38.